The quantitative estimate of drug-likeness (QED) is 0.214. The van der Waals surface area contributed by atoms with E-state index in [1.54, 1.807) is 20.8 Å². The van der Waals surface area contributed by atoms with Gasteiger partial charge in [0, 0.05) is 37.8 Å². The van der Waals surface area contributed by atoms with Crippen molar-refractivity contribution in [3.63, 3.8) is 0 Å². The van der Waals surface area contributed by atoms with Crippen LogP contribution in [0.25, 0.3) is 0 Å². The van der Waals surface area contributed by atoms with Gasteiger partial charge in [-0.2, -0.15) is 13.1 Å². The van der Waals surface area contributed by atoms with Crippen LogP contribution in [0, 0.1) is 6.92 Å². The van der Waals surface area contributed by atoms with Crippen molar-refractivity contribution in [2.75, 3.05) is 37.0 Å². The molecule has 0 aromatic heterocycles. The van der Waals surface area contributed by atoms with Crippen molar-refractivity contribution in [1.82, 2.24) is 26.0 Å². The molecule has 2 atom stereocenters. The molecular formula is C31H48N6O7S. The maximum Gasteiger partial charge on any atom is 0.335 e. The van der Waals surface area contributed by atoms with E-state index in [0.717, 1.165) is 4.31 Å². The van der Waals surface area contributed by atoms with Crippen LogP contribution < -0.4 is 30.3 Å². The van der Waals surface area contributed by atoms with Crippen molar-refractivity contribution in [3.05, 3.63) is 65.2 Å². The van der Waals surface area contributed by atoms with Crippen LogP contribution in [0.15, 0.2) is 48.5 Å². The summed E-state index contributed by atoms with van der Waals surface area (Å²) in [4.78, 5) is 47.9. The predicted octanol–water partition coefficient (Wildman–Crippen LogP) is 2.19. The highest BCUT2D eigenvalue weighted by Crippen LogP contribution is 2.24. The standard InChI is InChI=1S/C21H32N6O7S.C7H8.C3H8/c1-4-22-18(28)12-24-19(29)14(3)23-11-13(2)26-20(30)15-8-16(21(31)32)10-17(9-15)27-7-5-6-25-35(27,33)34;1-7-5-3-2-4-6-7;1-3-2/h8-10,13-14,23,25H,4-7,11-12H2,1-3H3,(H,22,28)(H,24,29)(H,26,30)(H,31,32);2-6H,1H3;3H2,1-2H3/t13-,14-;;/m0../s1. The maximum absolute atomic E-state index is 12.8. The average Bonchev–Trinajstić information content (AvgIpc) is 2.99. The number of hydrogen-bond donors (Lipinski definition) is 6. The Morgan fingerprint density at radius 2 is 1.60 bits per heavy atom. The van der Waals surface area contributed by atoms with E-state index in [2.05, 4.69) is 58.9 Å². The number of aryl methyl sites for hydroxylation is 1. The summed E-state index contributed by atoms with van der Waals surface area (Å²) in [5.41, 5.74) is 1.16. The molecule has 0 aliphatic carbocycles. The SMILES string of the molecule is CCC.CCNC(=O)CNC(=O)[C@H](C)NC[C@H](C)NC(=O)c1cc(C(=O)O)cc(N2CCCNS2(=O)=O)c1.Cc1ccccc1. The Balaban J connectivity index is 0.000000862. The average molecular weight is 649 g/mol. The minimum absolute atomic E-state index is 0.0137. The van der Waals surface area contributed by atoms with E-state index in [1.807, 2.05) is 18.2 Å². The molecule has 0 spiro atoms. The molecular weight excluding hydrogens is 600 g/mol. The molecule has 0 saturated carbocycles. The van der Waals surface area contributed by atoms with Crippen LogP contribution in [0.5, 0.6) is 0 Å². The fourth-order valence-corrected chi connectivity index (χ4v) is 5.13. The first kappa shape index (κ1) is 39.0. The molecule has 6 N–H and O–H groups in total. The lowest BCUT2D eigenvalue weighted by Crippen LogP contribution is -2.49. The first-order valence-electron chi connectivity index (χ1n) is 15.0. The minimum atomic E-state index is -3.84. The van der Waals surface area contributed by atoms with Crippen LogP contribution in [0.3, 0.4) is 0 Å². The molecule has 0 bridgehead atoms. The van der Waals surface area contributed by atoms with Gasteiger partial charge in [-0.3, -0.25) is 18.7 Å². The lowest BCUT2D eigenvalue weighted by Gasteiger charge is -2.29. The number of nitrogens with zero attached hydrogens (tertiary/aromatic N) is 1. The molecule has 1 saturated heterocycles. The van der Waals surface area contributed by atoms with Crippen LogP contribution in [-0.4, -0.2) is 82.0 Å². The first-order valence-corrected chi connectivity index (χ1v) is 16.5. The van der Waals surface area contributed by atoms with Gasteiger partial charge < -0.3 is 26.4 Å². The van der Waals surface area contributed by atoms with Crippen molar-refractivity contribution in [1.29, 1.82) is 0 Å². The van der Waals surface area contributed by atoms with Crippen LogP contribution in [0.4, 0.5) is 5.69 Å². The number of carboxylic acids is 1. The predicted molar refractivity (Wildman–Crippen MR) is 176 cm³/mol. The highest BCUT2D eigenvalue weighted by Gasteiger charge is 2.27. The van der Waals surface area contributed by atoms with Crippen molar-refractivity contribution in [2.45, 2.75) is 66.5 Å². The van der Waals surface area contributed by atoms with Gasteiger partial charge in [-0.15, -0.1) is 0 Å². The summed E-state index contributed by atoms with van der Waals surface area (Å²) in [6.45, 7) is 12.3. The molecule has 2 aromatic carbocycles. The molecule has 45 heavy (non-hydrogen) atoms. The van der Waals surface area contributed by atoms with Crippen LogP contribution in [0.2, 0.25) is 0 Å². The number of amides is 3. The third-order valence-corrected chi connectivity index (χ3v) is 7.61. The number of aromatic carboxylic acids is 1. The Labute approximate surface area is 266 Å². The fourth-order valence-electron chi connectivity index (χ4n) is 3.82. The zero-order valence-electron chi connectivity index (χ0n) is 27.0. The highest BCUT2D eigenvalue weighted by atomic mass is 32.2. The fraction of sp³-hybridized carbons (Fsp3) is 0.484. The zero-order valence-corrected chi connectivity index (χ0v) is 27.8. The molecule has 3 rings (SSSR count). The van der Waals surface area contributed by atoms with E-state index < -0.39 is 34.2 Å². The van der Waals surface area contributed by atoms with Gasteiger partial charge in [0.2, 0.25) is 11.8 Å². The normalized spacial score (nSPS) is 14.7. The second kappa shape index (κ2) is 20.1. The van der Waals surface area contributed by atoms with Gasteiger partial charge in [0.1, 0.15) is 0 Å². The molecule has 250 valence electrons. The Morgan fingerprint density at radius 1 is 0.978 bits per heavy atom. The van der Waals surface area contributed by atoms with E-state index >= 15 is 0 Å². The number of carboxylic acid groups (broad SMARTS) is 1. The van der Waals surface area contributed by atoms with Crippen molar-refractivity contribution < 1.29 is 32.7 Å². The van der Waals surface area contributed by atoms with Gasteiger partial charge >= 0.3 is 16.2 Å². The maximum atomic E-state index is 12.8. The first-order chi connectivity index (χ1) is 21.2. The number of nitrogens with one attached hydrogen (secondary N) is 5. The zero-order chi connectivity index (χ0) is 34.0. The van der Waals surface area contributed by atoms with Crippen molar-refractivity contribution >= 4 is 39.6 Å². The number of rotatable bonds is 11. The molecule has 1 fully saturated rings. The monoisotopic (exact) mass is 648 g/mol. The lowest BCUT2D eigenvalue weighted by molar-refractivity contribution is -0.127. The summed E-state index contributed by atoms with van der Waals surface area (Å²) in [5.74, 6) is -2.58. The number of carbonyl (C=O) groups excluding carboxylic acids is 3. The molecule has 0 radical (unpaired) electrons. The van der Waals surface area contributed by atoms with E-state index in [9.17, 15) is 32.7 Å². The second-order valence-electron chi connectivity index (χ2n) is 10.4. The van der Waals surface area contributed by atoms with Crippen LogP contribution >= 0.6 is 0 Å². The molecule has 1 heterocycles. The molecule has 1 aliphatic heterocycles. The number of carbonyl (C=O) groups is 4. The van der Waals surface area contributed by atoms with E-state index in [0.29, 0.717) is 13.0 Å². The Hall–Kier alpha value is -4.01. The van der Waals surface area contributed by atoms with E-state index in [4.69, 9.17) is 0 Å². The van der Waals surface area contributed by atoms with E-state index in [-0.39, 0.29) is 54.8 Å². The molecule has 2 aromatic rings. The second-order valence-corrected chi connectivity index (χ2v) is 12.1. The molecule has 13 nitrogen and oxygen atoms in total. The van der Waals surface area contributed by atoms with Crippen LogP contribution in [0.1, 0.15) is 73.7 Å². The Kier molecular flexibility index (Phi) is 17.4. The summed E-state index contributed by atoms with van der Waals surface area (Å²) in [6, 6.07) is 12.9. The smallest absolute Gasteiger partial charge is 0.335 e. The summed E-state index contributed by atoms with van der Waals surface area (Å²) < 4.78 is 28.1. The summed E-state index contributed by atoms with van der Waals surface area (Å²) in [5, 5.41) is 20.2. The van der Waals surface area contributed by atoms with Gasteiger partial charge in [0.15, 0.2) is 0 Å². The third-order valence-electron chi connectivity index (χ3n) is 6.07. The molecule has 1 aliphatic rings. The number of likely N-dealkylation sites (N-methyl/N-ethyl adjacent to an activating group) is 1. The van der Waals surface area contributed by atoms with Gasteiger partial charge in [-0.25, -0.2) is 4.79 Å². The van der Waals surface area contributed by atoms with Gasteiger partial charge in [-0.05, 0) is 52.3 Å². The van der Waals surface area contributed by atoms with Gasteiger partial charge in [0.25, 0.3) is 5.91 Å². The Bertz CT molecular complexity index is 1360. The minimum Gasteiger partial charge on any atom is -0.478 e. The number of hydrogen-bond acceptors (Lipinski definition) is 7. The largest absolute Gasteiger partial charge is 0.478 e. The van der Waals surface area contributed by atoms with Gasteiger partial charge in [0.05, 0.1) is 23.8 Å². The highest BCUT2D eigenvalue weighted by molar-refractivity contribution is 7.90. The summed E-state index contributed by atoms with van der Waals surface area (Å²) in [6.07, 6.45) is 1.77. The van der Waals surface area contributed by atoms with Crippen molar-refractivity contribution in [3.8, 4) is 0 Å². The van der Waals surface area contributed by atoms with Crippen molar-refractivity contribution in [2.24, 2.45) is 0 Å². The Morgan fingerprint density at radius 3 is 2.13 bits per heavy atom. The molecule has 3 amide bonds. The van der Waals surface area contributed by atoms with Gasteiger partial charge in [-0.1, -0.05) is 56.2 Å². The number of benzene rings is 2. The summed E-state index contributed by atoms with van der Waals surface area (Å²) in [7, 11) is -3.84. The van der Waals surface area contributed by atoms with E-state index in [1.165, 1.54) is 30.2 Å². The topological polar surface area (TPSA) is 186 Å². The summed E-state index contributed by atoms with van der Waals surface area (Å²) >= 11 is 0. The number of anilines is 1. The lowest BCUT2D eigenvalue weighted by atomic mass is 10.1. The molecule has 0 unspecified atom stereocenters. The molecule has 14 heteroatoms. The van der Waals surface area contributed by atoms with Crippen LogP contribution in [-0.2, 0) is 19.8 Å². The third kappa shape index (κ3) is 14.5.